The van der Waals surface area contributed by atoms with Crippen LogP contribution in [0.5, 0.6) is 0 Å². The lowest BCUT2D eigenvalue weighted by Crippen LogP contribution is -2.36. The Hall–Kier alpha value is -0.350. The van der Waals surface area contributed by atoms with Gasteiger partial charge in [-0.1, -0.05) is 20.8 Å². The van der Waals surface area contributed by atoms with Gasteiger partial charge in [0, 0.05) is 19.5 Å². The topological polar surface area (TPSA) is 29.9 Å². The zero-order chi connectivity index (χ0) is 13.0. The van der Waals surface area contributed by atoms with Crippen molar-refractivity contribution in [2.45, 2.75) is 46.6 Å². The number of rotatable bonds is 6. The van der Waals surface area contributed by atoms with Gasteiger partial charge in [0.1, 0.15) is 0 Å². The summed E-state index contributed by atoms with van der Waals surface area (Å²) in [5.74, 6) is 0.628. The van der Waals surface area contributed by atoms with Crippen LogP contribution in [-0.2, 0) is 13.5 Å². The molecule has 0 amide bonds. The van der Waals surface area contributed by atoms with E-state index in [1.54, 1.807) is 0 Å². The van der Waals surface area contributed by atoms with Crippen LogP contribution in [0.1, 0.15) is 38.6 Å². The van der Waals surface area contributed by atoms with Crippen LogP contribution in [0.15, 0.2) is 4.47 Å². The smallest absolute Gasteiger partial charge is 0.0738 e. The maximum Gasteiger partial charge on any atom is 0.0738 e. The molecule has 17 heavy (non-hydrogen) atoms. The zero-order valence-corrected chi connectivity index (χ0v) is 13.1. The second-order valence-electron chi connectivity index (χ2n) is 4.98. The van der Waals surface area contributed by atoms with Crippen molar-refractivity contribution < 1.29 is 0 Å². The van der Waals surface area contributed by atoms with Crippen LogP contribution in [0.25, 0.3) is 0 Å². The maximum atomic E-state index is 4.45. The van der Waals surface area contributed by atoms with Crippen LogP contribution in [0.3, 0.4) is 0 Å². The number of halogens is 1. The van der Waals surface area contributed by atoms with E-state index in [1.165, 1.54) is 12.1 Å². The molecule has 1 N–H and O–H groups in total. The first-order chi connectivity index (χ1) is 7.97. The van der Waals surface area contributed by atoms with Crippen LogP contribution in [-0.4, -0.2) is 22.4 Å². The highest BCUT2D eigenvalue weighted by Gasteiger charge is 2.18. The summed E-state index contributed by atoms with van der Waals surface area (Å²) in [5, 5.41) is 8.06. The van der Waals surface area contributed by atoms with Crippen LogP contribution >= 0.6 is 15.9 Å². The highest BCUT2D eigenvalue weighted by Crippen LogP contribution is 2.22. The molecule has 0 aliphatic heterocycles. The minimum Gasteiger partial charge on any atom is -0.313 e. The minimum atomic E-state index is 0.515. The van der Waals surface area contributed by atoms with Crippen molar-refractivity contribution in [3.63, 3.8) is 0 Å². The van der Waals surface area contributed by atoms with Gasteiger partial charge in [-0.25, -0.2) is 0 Å². The van der Waals surface area contributed by atoms with Crippen LogP contribution in [0.4, 0.5) is 0 Å². The van der Waals surface area contributed by atoms with Gasteiger partial charge in [0.15, 0.2) is 0 Å². The first kappa shape index (κ1) is 14.7. The monoisotopic (exact) mass is 301 g/mol. The van der Waals surface area contributed by atoms with E-state index in [4.69, 9.17) is 0 Å². The fourth-order valence-corrected chi connectivity index (χ4v) is 2.48. The summed E-state index contributed by atoms with van der Waals surface area (Å²) in [6.45, 7) is 9.86. The van der Waals surface area contributed by atoms with E-state index < -0.39 is 0 Å². The predicted molar refractivity (Wildman–Crippen MR) is 76.3 cm³/mol. The molecule has 1 unspecified atom stereocenters. The van der Waals surface area contributed by atoms with Crippen molar-refractivity contribution in [1.82, 2.24) is 15.1 Å². The molecular weight excluding hydrogens is 278 g/mol. The Balaban J connectivity index is 2.78. The summed E-state index contributed by atoms with van der Waals surface area (Å²) in [4.78, 5) is 0. The van der Waals surface area contributed by atoms with E-state index in [2.05, 4.69) is 47.1 Å². The lowest BCUT2D eigenvalue weighted by atomic mass is 9.99. The summed E-state index contributed by atoms with van der Waals surface area (Å²) in [5.41, 5.74) is 2.35. The number of nitrogens with zero attached hydrogens (tertiary/aromatic N) is 2. The quantitative estimate of drug-likeness (QED) is 0.875. The Morgan fingerprint density at radius 2 is 2.06 bits per heavy atom. The molecule has 1 rings (SSSR count). The summed E-state index contributed by atoms with van der Waals surface area (Å²) in [7, 11) is 2.02. The second-order valence-corrected chi connectivity index (χ2v) is 5.77. The third-order valence-corrected chi connectivity index (χ3v) is 4.17. The molecular formula is C13H24BrN3. The number of hydrogen-bond acceptors (Lipinski definition) is 2. The molecule has 0 spiro atoms. The molecule has 0 aliphatic carbocycles. The number of nitrogens with one attached hydrogen (secondary N) is 1. The van der Waals surface area contributed by atoms with Crippen molar-refractivity contribution in [2.75, 3.05) is 6.54 Å². The number of hydrogen-bond donors (Lipinski definition) is 1. The van der Waals surface area contributed by atoms with Gasteiger partial charge >= 0.3 is 0 Å². The molecule has 0 aliphatic rings. The minimum absolute atomic E-state index is 0.515. The van der Waals surface area contributed by atoms with E-state index in [1.807, 2.05) is 18.7 Å². The van der Waals surface area contributed by atoms with E-state index in [0.717, 1.165) is 23.1 Å². The zero-order valence-electron chi connectivity index (χ0n) is 11.5. The highest BCUT2D eigenvalue weighted by molar-refractivity contribution is 9.10. The molecule has 3 nitrogen and oxygen atoms in total. The lowest BCUT2D eigenvalue weighted by Gasteiger charge is -2.22. The van der Waals surface area contributed by atoms with Gasteiger partial charge < -0.3 is 5.32 Å². The third kappa shape index (κ3) is 3.81. The Bertz CT molecular complexity index is 358. The van der Waals surface area contributed by atoms with Gasteiger partial charge in [-0.05, 0) is 41.7 Å². The molecule has 98 valence electrons. The number of aryl methyl sites for hydroxylation is 2. The molecule has 0 bridgehead atoms. The van der Waals surface area contributed by atoms with Crippen LogP contribution in [0, 0.1) is 12.8 Å². The highest BCUT2D eigenvalue weighted by atomic mass is 79.9. The fraction of sp³-hybridized carbons (Fsp3) is 0.769. The molecule has 0 aromatic carbocycles. The van der Waals surface area contributed by atoms with Gasteiger partial charge in [-0.3, -0.25) is 4.68 Å². The van der Waals surface area contributed by atoms with Gasteiger partial charge in [-0.2, -0.15) is 5.10 Å². The van der Waals surface area contributed by atoms with Crippen LogP contribution < -0.4 is 5.32 Å². The largest absolute Gasteiger partial charge is 0.313 e. The summed E-state index contributed by atoms with van der Waals surface area (Å²) in [6.07, 6.45) is 2.20. The Kier molecular flexibility index (Phi) is 5.67. The van der Waals surface area contributed by atoms with Crippen molar-refractivity contribution >= 4 is 15.9 Å². The standard InChI is InChI=1S/C13H24BrN3/c1-6-7-15-11(9(2)3)8-12-13(14)10(4)16-17(12)5/h9,11,15H,6-8H2,1-5H3. The molecule has 0 saturated heterocycles. The number of aromatic nitrogens is 2. The fourth-order valence-electron chi connectivity index (χ4n) is 1.98. The van der Waals surface area contributed by atoms with E-state index in [0.29, 0.717) is 12.0 Å². The second kappa shape index (κ2) is 6.55. The average Bonchev–Trinajstić information content (AvgIpc) is 2.49. The molecule has 0 saturated carbocycles. The first-order valence-corrected chi connectivity index (χ1v) is 7.18. The summed E-state index contributed by atoms with van der Waals surface area (Å²) >= 11 is 3.64. The van der Waals surface area contributed by atoms with Crippen molar-refractivity contribution in [3.8, 4) is 0 Å². The third-order valence-electron chi connectivity index (χ3n) is 3.14. The van der Waals surface area contributed by atoms with Crippen molar-refractivity contribution in [1.29, 1.82) is 0 Å². The van der Waals surface area contributed by atoms with Crippen molar-refractivity contribution in [3.05, 3.63) is 15.9 Å². The van der Waals surface area contributed by atoms with Gasteiger partial charge in [0.25, 0.3) is 0 Å². The van der Waals surface area contributed by atoms with Gasteiger partial charge in [0.05, 0.1) is 15.9 Å². The van der Waals surface area contributed by atoms with Crippen LogP contribution in [0.2, 0.25) is 0 Å². The maximum absolute atomic E-state index is 4.45. The average molecular weight is 302 g/mol. The van der Waals surface area contributed by atoms with Gasteiger partial charge in [0.2, 0.25) is 0 Å². The molecule has 1 aromatic rings. The normalized spacial score (nSPS) is 13.4. The van der Waals surface area contributed by atoms with Crippen molar-refractivity contribution in [2.24, 2.45) is 13.0 Å². The van der Waals surface area contributed by atoms with E-state index in [-0.39, 0.29) is 0 Å². The molecule has 1 heterocycles. The first-order valence-electron chi connectivity index (χ1n) is 6.38. The summed E-state index contributed by atoms with van der Waals surface area (Å²) in [6, 6.07) is 0.515. The molecule has 1 atom stereocenters. The van der Waals surface area contributed by atoms with E-state index >= 15 is 0 Å². The SMILES string of the molecule is CCCNC(Cc1c(Br)c(C)nn1C)C(C)C. The predicted octanol–water partition coefficient (Wildman–Crippen LogP) is 3.06. The molecule has 1 aromatic heterocycles. The Labute approximate surface area is 113 Å². The molecule has 0 radical (unpaired) electrons. The Morgan fingerprint density at radius 3 is 2.47 bits per heavy atom. The lowest BCUT2D eigenvalue weighted by molar-refractivity contribution is 0.389. The Morgan fingerprint density at radius 1 is 1.41 bits per heavy atom. The van der Waals surface area contributed by atoms with Gasteiger partial charge in [-0.15, -0.1) is 0 Å². The molecule has 0 fully saturated rings. The molecule has 4 heteroatoms. The summed E-state index contributed by atoms with van der Waals surface area (Å²) < 4.78 is 3.14. The van der Waals surface area contributed by atoms with E-state index in [9.17, 15) is 0 Å².